The van der Waals surface area contributed by atoms with E-state index in [-0.39, 0.29) is 59.9 Å². The van der Waals surface area contributed by atoms with Gasteiger partial charge in [-0.15, -0.1) is 10.2 Å². The number of H-pyrrole nitrogens is 1. The molecular weight excluding hydrogens is 1370 g/mol. The molecule has 0 saturated carbocycles. The summed E-state index contributed by atoms with van der Waals surface area (Å²) in [6, 6.07) is 56.6. The van der Waals surface area contributed by atoms with Gasteiger partial charge in [0, 0.05) is 32.1 Å². The van der Waals surface area contributed by atoms with Gasteiger partial charge >= 0.3 is 30.1 Å². The number of methoxy groups -OCH3 is 2. The summed E-state index contributed by atoms with van der Waals surface area (Å²) in [4.78, 5) is 54.9. The summed E-state index contributed by atoms with van der Waals surface area (Å²) >= 11 is 0. The van der Waals surface area contributed by atoms with Crippen molar-refractivity contribution < 1.29 is 86.0 Å². The van der Waals surface area contributed by atoms with Gasteiger partial charge in [0.05, 0.1) is 40.0 Å². The molecule has 0 radical (unpaired) electrons. The average molecular weight is 1450 g/mol. The SMILES string of the molecule is CCOC(=O)c1nnn(Cc2ccc(OC)cc2)c1OC1CCc2ccccc2C1.COc1ccc(Cn2nnc(C(=O)O)c2OC2CCc3ccccc3C2)cc1.O=C(O)C(F)(F)F.O=C(O)c1[nH]nnc1OC1CCc2ccccc2C1.O=C1CCc2ccccc2C1.OC1CCc2ccccc2C1. The molecule has 24 nitrogen and oxygen atoms in total. The Kier molecular flexibility index (Phi) is 26.9. The fourth-order valence-corrected chi connectivity index (χ4v) is 12.8. The fraction of sp³-hybridized carbons (Fsp3) is 0.329. The van der Waals surface area contributed by atoms with E-state index in [1.165, 1.54) is 60.3 Å². The van der Waals surface area contributed by atoms with Crippen molar-refractivity contribution in [1.82, 2.24) is 45.4 Å². The number of aromatic amines is 1. The third-order valence-electron chi connectivity index (χ3n) is 18.2. The van der Waals surface area contributed by atoms with Gasteiger partial charge < -0.3 is 48.8 Å². The Bertz CT molecular complexity index is 4600. The molecule has 7 aromatic carbocycles. The van der Waals surface area contributed by atoms with E-state index in [1.54, 1.807) is 25.8 Å². The van der Waals surface area contributed by atoms with Crippen molar-refractivity contribution in [3.63, 3.8) is 0 Å². The number of aromatic carboxylic acids is 2. The van der Waals surface area contributed by atoms with Gasteiger partial charge in [-0.05, 0) is 162 Å². The Labute approximate surface area is 609 Å². The number of nitrogens with one attached hydrogen (secondary N) is 1. The molecule has 3 aromatic heterocycles. The highest BCUT2D eigenvalue weighted by molar-refractivity contribution is 5.90. The van der Waals surface area contributed by atoms with Crippen LogP contribution >= 0.6 is 0 Å². The number of fused-ring (bicyclic) bond motifs is 5. The summed E-state index contributed by atoms with van der Waals surface area (Å²) in [5, 5.41) is 60.5. The molecule has 5 aliphatic rings. The maximum atomic E-state index is 12.4. The van der Waals surface area contributed by atoms with Crippen LogP contribution in [0.1, 0.15) is 137 Å². The number of aryl methyl sites for hydroxylation is 5. The van der Waals surface area contributed by atoms with Crippen molar-refractivity contribution in [1.29, 1.82) is 0 Å². The zero-order valence-electron chi connectivity index (χ0n) is 58.7. The molecule has 0 aliphatic heterocycles. The molecule has 0 fully saturated rings. The second-order valence-electron chi connectivity index (χ2n) is 25.5. The minimum atomic E-state index is -5.08. The van der Waals surface area contributed by atoms with Crippen LogP contribution in [0.5, 0.6) is 29.1 Å². The second kappa shape index (κ2) is 37.1. The van der Waals surface area contributed by atoms with Gasteiger partial charge in [0.2, 0.25) is 28.8 Å². The highest BCUT2D eigenvalue weighted by atomic mass is 19.4. The number of hydrogen-bond donors (Lipinski definition) is 5. The third kappa shape index (κ3) is 21.5. The van der Waals surface area contributed by atoms with Crippen molar-refractivity contribution in [3.8, 4) is 29.1 Å². The molecule has 0 saturated heterocycles. The molecule has 4 atom stereocenters. The molecule has 27 heteroatoms. The Morgan fingerprint density at radius 3 is 1.29 bits per heavy atom. The van der Waals surface area contributed by atoms with Crippen LogP contribution in [-0.2, 0) is 91.6 Å². The van der Waals surface area contributed by atoms with Crippen molar-refractivity contribution in [2.24, 2.45) is 0 Å². The quantitative estimate of drug-likeness (QED) is 0.0561. The number of aromatic nitrogens is 9. The van der Waals surface area contributed by atoms with Gasteiger partial charge in [-0.2, -0.15) is 13.2 Å². The van der Waals surface area contributed by atoms with Gasteiger partial charge in [-0.3, -0.25) is 4.79 Å². The number of esters is 1. The summed E-state index contributed by atoms with van der Waals surface area (Å²) in [6.07, 6.45) is 7.33. The molecule has 0 spiro atoms. The number of aliphatic carboxylic acids is 1. The molecule has 4 unspecified atom stereocenters. The van der Waals surface area contributed by atoms with E-state index in [2.05, 4.69) is 103 Å². The number of aliphatic hydroxyl groups excluding tert-OH is 1. The Hall–Kier alpha value is -11.7. The summed E-state index contributed by atoms with van der Waals surface area (Å²) < 4.78 is 68.5. The Morgan fingerprint density at radius 2 is 0.877 bits per heavy atom. The standard InChI is InChI=1S/C23H25N3O4.C21H21N3O4.C13H13N3O3.C10H12O.C10H10O.C2HF3O2/c1-3-29-23(27)21-22(30-20-13-10-17-6-4-5-7-18(17)14-20)26(25-24-21)15-16-8-11-19(28-2)12-9-16;1-27-17-9-6-14(7-10-17)13-24-20(19(21(25)26)22-23-24)28-18-11-8-15-4-2-3-5-16(15)12-18;17-13(18)11-12(15-16-14-11)19-10-6-5-8-3-1-2-4-9(8)7-10;2*11-10-6-5-8-3-1-2-4-9(8)7-10;3-2(4,5)1(6)7/h4-9,11-12,20H,3,10,13-15H2,1-2H3;2-7,9-10,18H,8,11-13H2,1H3,(H,25,26);1-4,10H,5-7H2,(H,17,18)(H,14,15,16);1-4,10-11H,5-7H2;1-4H,5-7H2;(H,6,7). The van der Waals surface area contributed by atoms with Crippen molar-refractivity contribution in [3.05, 3.63) is 254 Å². The smallest absolute Gasteiger partial charge is 0.490 e. The van der Waals surface area contributed by atoms with E-state index < -0.39 is 30.1 Å². The molecule has 0 bridgehead atoms. The summed E-state index contributed by atoms with van der Waals surface area (Å²) in [6.45, 7) is 2.82. The number of aliphatic hydroxyl groups is 1. The normalized spacial score (nSPS) is 16.5. The first-order valence-corrected chi connectivity index (χ1v) is 34.7. The third-order valence-corrected chi connectivity index (χ3v) is 18.2. The van der Waals surface area contributed by atoms with Crippen LogP contribution < -0.4 is 23.7 Å². The zero-order valence-corrected chi connectivity index (χ0v) is 58.7. The molecule has 15 rings (SSSR count). The highest BCUT2D eigenvalue weighted by Crippen LogP contribution is 2.31. The number of rotatable bonds is 16. The molecule has 0 amide bonds. The van der Waals surface area contributed by atoms with E-state index in [9.17, 15) is 42.6 Å². The summed E-state index contributed by atoms with van der Waals surface area (Å²) in [7, 11) is 3.24. The van der Waals surface area contributed by atoms with E-state index in [0.29, 0.717) is 31.2 Å². The van der Waals surface area contributed by atoms with Crippen molar-refractivity contribution in [2.45, 2.75) is 147 Å². The van der Waals surface area contributed by atoms with E-state index in [4.69, 9.17) is 43.4 Å². The summed E-state index contributed by atoms with van der Waals surface area (Å²) in [5.74, 6) is -3.00. The van der Waals surface area contributed by atoms with Crippen molar-refractivity contribution >= 4 is 29.7 Å². The van der Waals surface area contributed by atoms with E-state index >= 15 is 0 Å². The number of nitrogens with zero attached hydrogens (tertiary/aromatic N) is 8. The first-order valence-electron chi connectivity index (χ1n) is 34.7. The van der Waals surface area contributed by atoms with Crippen LogP contribution in [0.15, 0.2) is 170 Å². The number of hydrogen-bond acceptors (Lipinski definition) is 18. The Balaban J connectivity index is 0.000000145. The molecule has 5 aliphatic carbocycles. The predicted octanol–water partition coefficient (Wildman–Crippen LogP) is 11.8. The maximum absolute atomic E-state index is 12.4. The number of ether oxygens (including phenoxy) is 6. The van der Waals surface area contributed by atoms with Gasteiger partial charge in [-0.1, -0.05) is 166 Å². The van der Waals surface area contributed by atoms with Crippen molar-refractivity contribution in [2.75, 3.05) is 20.8 Å². The second-order valence-corrected chi connectivity index (χ2v) is 25.5. The monoisotopic (exact) mass is 1450 g/mol. The van der Waals surface area contributed by atoms with Gasteiger partial charge in [0.15, 0.2) is 0 Å². The number of carbonyl (C=O) groups excluding carboxylic acids is 2. The van der Waals surface area contributed by atoms with Gasteiger partial charge in [0.1, 0.15) is 35.6 Å². The van der Waals surface area contributed by atoms with E-state index in [1.807, 2.05) is 103 Å². The largest absolute Gasteiger partial charge is 0.497 e. The predicted molar refractivity (Wildman–Crippen MR) is 381 cm³/mol. The van der Waals surface area contributed by atoms with Crippen LogP contribution in [0, 0.1) is 0 Å². The minimum absolute atomic E-state index is 0.0545. The molecule has 554 valence electrons. The zero-order chi connectivity index (χ0) is 75.1. The number of carbonyl (C=O) groups is 5. The van der Waals surface area contributed by atoms with Crippen LogP contribution in [0.25, 0.3) is 0 Å². The number of Topliss-reactive ketones (excluding diaryl/α,β-unsaturated/α-hetero) is 1. The average Bonchev–Trinajstić information content (AvgIpc) is 1.65. The number of carboxylic acids is 3. The molecule has 5 N–H and O–H groups in total. The lowest BCUT2D eigenvalue weighted by molar-refractivity contribution is -0.192. The minimum Gasteiger partial charge on any atom is -0.497 e. The number of alkyl halides is 3. The van der Waals surface area contributed by atoms with Gasteiger partial charge in [-0.25, -0.2) is 33.6 Å². The first-order chi connectivity index (χ1) is 51.2. The fourth-order valence-electron chi connectivity index (χ4n) is 12.8. The molecule has 3 heterocycles. The van der Waals surface area contributed by atoms with Gasteiger partial charge in [0.25, 0.3) is 5.88 Å². The highest BCUT2D eigenvalue weighted by Gasteiger charge is 2.38. The topological polar surface area (TPSA) is 325 Å². The number of carboxylic acid groups (broad SMARTS) is 3. The molecule has 106 heavy (non-hydrogen) atoms. The lowest BCUT2D eigenvalue weighted by atomic mass is 9.90. The lowest BCUT2D eigenvalue weighted by Gasteiger charge is -2.25. The lowest BCUT2D eigenvalue weighted by Crippen LogP contribution is -2.27. The van der Waals surface area contributed by atoms with Crippen LogP contribution in [0.4, 0.5) is 13.2 Å². The van der Waals surface area contributed by atoms with Crippen LogP contribution in [0.2, 0.25) is 0 Å². The summed E-state index contributed by atoms with van der Waals surface area (Å²) in [5.41, 5.74) is 14.9. The Morgan fingerprint density at radius 1 is 0.491 bits per heavy atom. The molecular formula is C79H82F3N9O15. The van der Waals surface area contributed by atoms with Crippen LogP contribution in [-0.4, -0.2) is 147 Å². The number of ketones is 1. The maximum Gasteiger partial charge on any atom is 0.490 e. The number of benzene rings is 7. The number of halogens is 3. The molecule has 10 aromatic rings. The van der Waals surface area contributed by atoms with Crippen LogP contribution in [0.3, 0.4) is 0 Å². The van der Waals surface area contributed by atoms with E-state index in [0.717, 1.165) is 113 Å². The first kappa shape index (κ1) is 76.9.